The number of imidazole rings is 1. The lowest BCUT2D eigenvalue weighted by Gasteiger charge is -2.22. The Bertz CT molecular complexity index is 1320. The average Bonchev–Trinajstić information content (AvgIpc) is 3.36. The van der Waals surface area contributed by atoms with Crippen molar-refractivity contribution in [3.63, 3.8) is 0 Å². The van der Waals surface area contributed by atoms with E-state index < -0.39 is 0 Å². The van der Waals surface area contributed by atoms with E-state index in [4.69, 9.17) is 21.7 Å². The molecule has 0 aliphatic heterocycles. The summed E-state index contributed by atoms with van der Waals surface area (Å²) < 4.78 is 1.84. The van der Waals surface area contributed by atoms with E-state index in [1.54, 1.807) is 0 Å². The number of hydrogen-bond acceptors (Lipinski definition) is 6. The number of aryl methyl sites for hydroxylation is 1. The maximum atomic E-state index is 12.5. The first-order valence-corrected chi connectivity index (χ1v) is 12.8. The van der Waals surface area contributed by atoms with Gasteiger partial charge in [-0.2, -0.15) is 4.52 Å². The fourth-order valence-corrected chi connectivity index (χ4v) is 4.72. The van der Waals surface area contributed by atoms with Crippen molar-refractivity contribution in [3.05, 3.63) is 64.7 Å². The van der Waals surface area contributed by atoms with Crippen LogP contribution in [0, 0.1) is 0 Å². The molecule has 1 amide bonds. The second kappa shape index (κ2) is 10.3. The first-order valence-electron chi connectivity index (χ1n) is 11.6. The third-order valence-electron chi connectivity index (χ3n) is 5.41. The standard InChI is InChI=1S/C26H31ClN6OS/c1-6-17-10-12-19(13-11-17)22-23(30-26(2,3)4)33-24(29-22)35-25(31-33)32(5)16-21(34)28-15-18-8-7-9-20(27)14-18/h7-14,30H,6,15-16H2,1-5H3,(H,28,34). The summed E-state index contributed by atoms with van der Waals surface area (Å²) in [6.45, 7) is 9.09. The number of hydrogen-bond donors (Lipinski definition) is 2. The van der Waals surface area contributed by atoms with E-state index in [0.29, 0.717) is 11.6 Å². The molecule has 35 heavy (non-hydrogen) atoms. The zero-order valence-corrected chi connectivity index (χ0v) is 22.3. The molecule has 0 aliphatic rings. The number of rotatable bonds is 8. The molecule has 0 bridgehead atoms. The van der Waals surface area contributed by atoms with Gasteiger partial charge in [0.2, 0.25) is 16.0 Å². The van der Waals surface area contributed by atoms with Crippen molar-refractivity contribution >= 4 is 44.8 Å². The molecule has 0 fully saturated rings. The van der Waals surface area contributed by atoms with Crippen molar-refractivity contribution in [1.29, 1.82) is 0 Å². The summed E-state index contributed by atoms with van der Waals surface area (Å²) in [5.41, 5.74) is 3.98. The molecule has 0 aliphatic carbocycles. The summed E-state index contributed by atoms with van der Waals surface area (Å²) in [7, 11) is 1.86. The Balaban J connectivity index is 1.54. The molecule has 2 N–H and O–H groups in total. The number of fused-ring (bicyclic) bond motifs is 1. The molecule has 184 valence electrons. The normalized spacial score (nSPS) is 11.6. The number of carbonyl (C=O) groups is 1. The molecule has 2 aromatic heterocycles. The minimum Gasteiger partial charge on any atom is -0.364 e. The summed E-state index contributed by atoms with van der Waals surface area (Å²) in [5.74, 6) is 0.753. The van der Waals surface area contributed by atoms with E-state index in [2.05, 4.69) is 62.6 Å². The number of halogens is 1. The first kappa shape index (κ1) is 25.0. The van der Waals surface area contributed by atoms with Gasteiger partial charge in [0, 0.05) is 29.7 Å². The minimum atomic E-state index is -0.177. The second-order valence-electron chi connectivity index (χ2n) is 9.58. The van der Waals surface area contributed by atoms with E-state index in [9.17, 15) is 4.79 Å². The number of benzene rings is 2. The lowest BCUT2D eigenvalue weighted by molar-refractivity contribution is -0.119. The average molecular weight is 511 g/mol. The molecule has 4 rings (SSSR count). The van der Waals surface area contributed by atoms with Crippen LogP contribution in [-0.4, -0.2) is 39.6 Å². The molecule has 0 atom stereocenters. The number of nitrogens with one attached hydrogen (secondary N) is 2. The highest BCUT2D eigenvalue weighted by molar-refractivity contribution is 7.20. The highest BCUT2D eigenvalue weighted by Gasteiger charge is 2.23. The van der Waals surface area contributed by atoms with Crippen LogP contribution < -0.4 is 15.5 Å². The lowest BCUT2D eigenvalue weighted by Crippen LogP contribution is -2.34. The monoisotopic (exact) mass is 510 g/mol. The molecular formula is C26H31ClN6OS. The summed E-state index contributed by atoms with van der Waals surface area (Å²) in [6.07, 6.45) is 0.996. The van der Waals surface area contributed by atoms with Gasteiger partial charge in [-0.25, -0.2) is 4.98 Å². The van der Waals surface area contributed by atoms with Crippen molar-refractivity contribution in [2.45, 2.75) is 46.2 Å². The highest BCUT2D eigenvalue weighted by atomic mass is 35.5. The van der Waals surface area contributed by atoms with Gasteiger partial charge < -0.3 is 15.5 Å². The Kier molecular flexibility index (Phi) is 7.33. The van der Waals surface area contributed by atoms with Gasteiger partial charge in [0.1, 0.15) is 5.69 Å². The minimum absolute atomic E-state index is 0.0925. The highest BCUT2D eigenvalue weighted by Crippen LogP contribution is 2.34. The van der Waals surface area contributed by atoms with E-state index in [-0.39, 0.29) is 18.0 Å². The zero-order valence-electron chi connectivity index (χ0n) is 20.7. The number of amides is 1. The third kappa shape index (κ3) is 6.13. The Morgan fingerprint density at radius 1 is 1.14 bits per heavy atom. The van der Waals surface area contributed by atoms with Gasteiger partial charge in [-0.05, 0) is 50.5 Å². The Morgan fingerprint density at radius 3 is 2.54 bits per heavy atom. The number of carbonyl (C=O) groups excluding carboxylic acids is 1. The number of aromatic nitrogens is 3. The summed E-state index contributed by atoms with van der Waals surface area (Å²) in [5, 5.41) is 12.7. The fraction of sp³-hybridized carbons (Fsp3) is 0.346. The maximum Gasteiger partial charge on any atom is 0.239 e. The molecule has 0 radical (unpaired) electrons. The van der Waals surface area contributed by atoms with Crippen LogP contribution in [-0.2, 0) is 17.8 Å². The van der Waals surface area contributed by atoms with Crippen molar-refractivity contribution in [1.82, 2.24) is 19.9 Å². The Morgan fingerprint density at radius 2 is 1.89 bits per heavy atom. The van der Waals surface area contributed by atoms with Crippen LogP contribution in [0.1, 0.15) is 38.8 Å². The summed E-state index contributed by atoms with van der Waals surface area (Å²) in [6, 6.07) is 16.0. The van der Waals surface area contributed by atoms with E-state index in [1.807, 2.05) is 40.7 Å². The van der Waals surface area contributed by atoms with Crippen molar-refractivity contribution in [2.24, 2.45) is 0 Å². The molecule has 0 spiro atoms. The van der Waals surface area contributed by atoms with Crippen LogP contribution in [0.2, 0.25) is 5.02 Å². The van der Waals surface area contributed by atoms with Gasteiger partial charge >= 0.3 is 0 Å². The fourth-order valence-electron chi connectivity index (χ4n) is 3.65. The first-order chi connectivity index (χ1) is 16.6. The predicted molar refractivity (Wildman–Crippen MR) is 146 cm³/mol. The van der Waals surface area contributed by atoms with Crippen LogP contribution in [0.4, 0.5) is 10.9 Å². The Hall–Kier alpha value is -3.10. The molecule has 0 unspecified atom stereocenters. The maximum absolute atomic E-state index is 12.5. The predicted octanol–water partition coefficient (Wildman–Crippen LogP) is 5.64. The smallest absolute Gasteiger partial charge is 0.239 e. The number of likely N-dealkylation sites (N-methyl/N-ethyl adjacent to an activating group) is 1. The number of nitrogens with zero attached hydrogens (tertiary/aromatic N) is 4. The summed E-state index contributed by atoms with van der Waals surface area (Å²) >= 11 is 7.48. The lowest BCUT2D eigenvalue weighted by atomic mass is 10.1. The molecule has 9 heteroatoms. The van der Waals surface area contributed by atoms with Crippen molar-refractivity contribution in [2.75, 3.05) is 23.8 Å². The number of anilines is 2. The van der Waals surface area contributed by atoms with Gasteiger partial charge in [-0.1, -0.05) is 66.3 Å². The topological polar surface area (TPSA) is 74.6 Å². The quantitative estimate of drug-likeness (QED) is 0.321. The molecular weight excluding hydrogens is 480 g/mol. The Labute approximate surface area is 215 Å². The van der Waals surface area contributed by atoms with Crippen molar-refractivity contribution < 1.29 is 4.79 Å². The van der Waals surface area contributed by atoms with E-state index >= 15 is 0 Å². The van der Waals surface area contributed by atoms with Gasteiger partial charge in [0.25, 0.3) is 0 Å². The van der Waals surface area contributed by atoms with Crippen LogP contribution >= 0.6 is 22.9 Å². The molecule has 0 saturated heterocycles. The summed E-state index contributed by atoms with van der Waals surface area (Å²) in [4.78, 5) is 20.1. The molecule has 4 aromatic rings. The second-order valence-corrected chi connectivity index (χ2v) is 10.9. The van der Waals surface area contributed by atoms with Gasteiger partial charge in [0.05, 0.1) is 6.54 Å². The van der Waals surface area contributed by atoms with Crippen molar-refractivity contribution in [3.8, 4) is 11.3 Å². The van der Waals surface area contributed by atoms with Crippen LogP contribution in [0.3, 0.4) is 0 Å². The SMILES string of the molecule is CCc1ccc(-c2nc3sc(N(C)CC(=O)NCc4cccc(Cl)c4)nn3c2NC(C)(C)C)cc1. The van der Waals surface area contributed by atoms with E-state index in [1.165, 1.54) is 16.9 Å². The van der Waals surface area contributed by atoms with Gasteiger partial charge in [-0.15, -0.1) is 5.10 Å². The molecule has 2 aromatic carbocycles. The third-order valence-corrected chi connectivity index (χ3v) is 6.67. The molecule has 0 saturated carbocycles. The zero-order chi connectivity index (χ0) is 25.2. The van der Waals surface area contributed by atoms with E-state index in [0.717, 1.165) is 39.2 Å². The van der Waals surface area contributed by atoms with Gasteiger partial charge in [-0.3, -0.25) is 4.79 Å². The largest absolute Gasteiger partial charge is 0.364 e. The van der Waals surface area contributed by atoms with Gasteiger partial charge in [0.15, 0.2) is 5.82 Å². The van der Waals surface area contributed by atoms with Crippen LogP contribution in [0.15, 0.2) is 48.5 Å². The van der Waals surface area contributed by atoms with Crippen LogP contribution in [0.25, 0.3) is 16.2 Å². The molecule has 7 nitrogen and oxygen atoms in total. The van der Waals surface area contributed by atoms with Crippen LogP contribution in [0.5, 0.6) is 0 Å². The molecule has 2 heterocycles.